The Morgan fingerprint density at radius 2 is 2.03 bits per heavy atom. The minimum atomic E-state index is -3.74. The van der Waals surface area contributed by atoms with Crippen molar-refractivity contribution in [3.63, 3.8) is 0 Å². The van der Waals surface area contributed by atoms with Gasteiger partial charge in [0, 0.05) is 36.8 Å². The summed E-state index contributed by atoms with van der Waals surface area (Å²) < 4.78 is 33.4. The van der Waals surface area contributed by atoms with Gasteiger partial charge in [-0.3, -0.25) is 9.69 Å². The predicted octanol–water partition coefficient (Wildman–Crippen LogP) is 2.47. The number of nitrogens with one attached hydrogen (secondary N) is 1. The van der Waals surface area contributed by atoms with Gasteiger partial charge in [0.1, 0.15) is 10.6 Å². The molecule has 0 radical (unpaired) electrons. The van der Waals surface area contributed by atoms with E-state index in [-0.39, 0.29) is 28.6 Å². The van der Waals surface area contributed by atoms with Gasteiger partial charge in [0.05, 0.1) is 7.11 Å². The van der Waals surface area contributed by atoms with E-state index in [2.05, 4.69) is 24.2 Å². The van der Waals surface area contributed by atoms with E-state index >= 15 is 0 Å². The van der Waals surface area contributed by atoms with Crippen molar-refractivity contribution in [3.8, 4) is 5.75 Å². The van der Waals surface area contributed by atoms with Gasteiger partial charge < -0.3 is 10.1 Å². The average Bonchev–Trinajstić information content (AvgIpc) is 3.56. The Labute approximate surface area is 174 Å². The third-order valence-electron chi connectivity index (χ3n) is 6.13. The summed E-state index contributed by atoms with van der Waals surface area (Å²) in [6, 6.07) is 5.40. The molecule has 29 heavy (non-hydrogen) atoms. The Bertz CT molecular complexity index is 838. The summed E-state index contributed by atoms with van der Waals surface area (Å²) in [5, 5.41) is 2.94. The van der Waals surface area contributed by atoms with Gasteiger partial charge in [-0.25, -0.2) is 8.42 Å². The van der Waals surface area contributed by atoms with Gasteiger partial charge in [-0.15, -0.1) is 0 Å². The molecule has 1 aromatic carbocycles. The minimum Gasteiger partial charge on any atom is -0.495 e. The third-order valence-corrected chi connectivity index (χ3v) is 8.17. The highest BCUT2D eigenvalue weighted by atomic mass is 32.2. The average molecular weight is 424 g/mol. The van der Waals surface area contributed by atoms with Gasteiger partial charge in [0.15, 0.2) is 0 Å². The number of sulfonamides is 1. The number of ether oxygens (including phenoxy) is 1. The summed E-state index contributed by atoms with van der Waals surface area (Å²) in [5.74, 6) is -0.00648. The molecule has 1 aliphatic heterocycles. The van der Waals surface area contributed by atoms with Crippen LogP contribution in [0.3, 0.4) is 0 Å². The number of hydrogen-bond acceptors (Lipinski definition) is 5. The van der Waals surface area contributed by atoms with Crippen LogP contribution < -0.4 is 10.1 Å². The maximum atomic E-state index is 13.3. The van der Waals surface area contributed by atoms with Crippen LogP contribution in [0.15, 0.2) is 23.1 Å². The molecule has 1 saturated carbocycles. The number of piperidine rings is 1. The minimum absolute atomic E-state index is 0.0598. The summed E-state index contributed by atoms with van der Waals surface area (Å²) in [6.45, 7) is 5.02. The summed E-state index contributed by atoms with van der Waals surface area (Å²) in [5.41, 5.74) is 0.329. The number of methoxy groups -OCH3 is 1. The lowest BCUT2D eigenvalue weighted by molar-refractivity contribution is 0.0939. The Hall–Kier alpha value is -1.64. The van der Waals surface area contributed by atoms with Crippen molar-refractivity contribution in [2.75, 3.05) is 27.2 Å². The predicted molar refractivity (Wildman–Crippen MR) is 113 cm³/mol. The molecule has 1 heterocycles. The van der Waals surface area contributed by atoms with Crippen LogP contribution >= 0.6 is 0 Å². The van der Waals surface area contributed by atoms with Crippen molar-refractivity contribution in [2.45, 2.75) is 69.0 Å². The van der Waals surface area contributed by atoms with Crippen molar-refractivity contribution in [3.05, 3.63) is 23.8 Å². The second kappa shape index (κ2) is 9.02. The summed E-state index contributed by atoms with van der Waals surface area (Å²) in [4.78, 5) is 15.0. The second-order valence-corrected chi connectivity index (χ2v) is 10.1. The van der Waals surface area contributed by atoms with Gasteiger partial charge >= 0.3 is 0 Å². The lowest BCUT2D eigenvalue weighted by Gasteiger charge is -2.32. The Kier molecular flexibility index (Phi) is 6.86. The molecule has 2 fully saturated rings. The largest absolute Gasteiger partial charge is 0.495 e. The molecule has 0 spiro atoms. The Balaban J connectivity index is 1.78. The molecule has 0 bridgehead atoms. The van der Waals surface area contributed by atoms with E-state index in [4.69, 9.17) is 4.74 Å². The second-order valence-electron chi connectivity index (χ2n) is 8.28. The highest BCUT2D eigenvalue weighted by molar-refractivity contribution is 7.89. The summed E-state index contributed by atoms with van der Waals surface area (Å²) >= 11 is 0. The molecular formula is C21H33N3O4S. The number of hydrogen-bond donors (Lipinski definition) is 1. The van der Waals surface area contributed by atoms with Crippen LogP contribution in [0, 0.1) is 0 Å². The van der Waals surface area contributed by atoms with E-state index in [0.717, 1.165) is 19.3 Å². The maximum Gasteiger partial charge on any atom is 0.251 e. The zero-order valence-corrected chi connectivity index (χ0v) is 18.7. The fourth-order valence-corrected chi connectivity index (χ4v) is 5.79. The Morgan fingerprint density at radius 3 is 2.66 bits per heavy atom. The number of benzene rings is 1. The molecule has 1 aromatic rings. The van der Waals surface area contributed by atoms with Crippen molar-refractivity contribution >= 4 is 15.9 Å². The van der Waals surface area contributed by atoms with Gasteiger partial charge in [-0.2, -0.15) is 4.31 Å². The first-order valence-corrected chi connectivity index (χ1v) is 11.9. The lowest BCUT2D eigenvalue weighted by atomic mass is 10.1. The smallest absolute Gasteiger partial charge is 0.251 e. The van der Waals surface area contributed by atoms with E-state index in [0.29, 0.717) is 24.7 Å². The van der Waals surface area contributed by atoms with Crippen LogP contribution in [0.4, 0.5) is 0 Å². The zero-order chi connectivity index (χ0) is 21.2. The van der Waals surface area contributed by atoms with E-state index in [9.17, 15) is 13.2 Å². The molecule has 8 heteroatoms. The van der Waals surface area contributed by atoms with E-state index < -0.39 is 10.0 Å². The van der Waals surface area contributed by atoms with Crippen molar-refractivity contribution in [1.29, 1.82) is 0 Å². The topological polar surface area (TPSA) is 79.0 Å². The monoisotopic (exact) mass is 423 g/mol. The molecule has 1 saturated heterocycles. The number of amides is 1. The van der Waals surface area contributed by atoms with E-state index in [1.165, 1.54) is 30.3 Å². The summed E-state index contributed by atoms with van der Waals surface area (Å²) in [7, 11) is -0.214. The first-order chi connectivity index (χ1) is 13.8. The van der Waals surface area contributed by atoms with Crippen LogP contribution in [0.2, 0.25) is 0 Å². The van der Waals surface area contributed by atoms with Crippen molar-refractivity contribution in [2.24, 2.45) is 0 Å². The normalized spacial score (nSPS) is 21.8. The molecule has 0 aromatic heterocycles. The lowest BCUT2D eigenvalue weighted by Crippen LogP contribution is -2.42. The molecule has 7 nitrogen and oxygen atoms in total. The van der Waals surface area contributed by atoms with Gasteiger partial charge in [0.2, 0.25) is 10.0 Å². The van der Waals surface area contributed by atoms with Crippen LogP contribution in [0.1, 0.15) is 56.3 Å². The quantitative estimate of drug-likeness (QED) is 0.695. The standard InChI is InChI=1S/C21H33N3O4S/c1-15-7-5-6-12-24(15)29(26,27)20-13-17(8-11-19(20)28-4)21(25)22-14-16(2)23(3)18-9-10-18/h8,11,13,15-16,18H,5-7,9-10,12,14H2,1-4H3,(H,22,25). The fourth-order valence-electron chi connectivity index (χ4n) is 3.90. The first kappa shape index (κ1) is 22.1. The molecule has 1 aliphatic carbocycles. The molecule has 2 atom stereocenters. The highest BCUT2D eigenvalue weighted by Gasteiger charge is 2.34. The fraction of sp³-hybridized carbons (Fsp3) is 0.667. The van der Waals surface area contributed by atoms with Crippen molar-refractivity contribution in [1.82, 2.24) is 14.5 Å². The molecule has 1 amide bonds. The SMILES string of the molecule is COc1ccc(C(=O)NCC(C)N(C)C2CC2)cc1S(=O)(=O)N1CCCCC1C. The van der Waals surface area contributed by atoms with Crippen molar-refractivity contribution < 1.29 is 17.9 Å². The van der Waals surface area contributed by atoms with Crippen LogP contribution in [0.5, 0.6) is 5.75 Å². The van der Waals surface area contributed by atoms with Crippen LogP contribution in [0.25, 0.3) is 0 Å². The number of nitrogens with zero attached hydrogens (tertiary/aromatic N) is 2. The summed E-state index contributed by atoms with van der Waals surface area (Å²) in [6.07, 6.45) is 5.14. The number of rotatable bonds is 8. The van der Waals surface area contributed by atoms with Gasteiger partial charge in [-0.05, 0) is 64.8 Å². The first-order valence-electron chi connectivity index (χ1n) is 10.5. The van der Waals surface area contributed by atoms with Crippen LogP contribution in [-0.2, 0) is 10.0 Å². The Morgan fingerprint density at radius 1 is 1.31 bits per heavy atom. The molecule has 2 unspecified atom stereocenters. The molecular weight excluding hydrogens is 390 g/mol. The van der Waals surface area contributed by atoms with Gasteiger partial charge in [-0.1, -0.05) is 6.42 Å². The molecule has 1 N–H and O–H groups in total. The number of carbonyl (C=O) groups excluding carboxylic acids is 1. The third kappa shape index (κ3) is 4.92. The number of carbonyl (C=O) groups is 1. The van der Waals surface area contributed by atoms with Gasteiger partial charge in [0.25, 0.3) is 5.91 Å². The maximum absolute atomic E-state index is 13.3. The number of likely N-dealkylation sites (N-methyl/N-ethyl adjacent to an activating group) is 1. The molecule has 162 valence electrons. The van der Waals surface area contributed by atoms with Crippen LogP contribution in [-0.4, -0.2) is 68.9 Å². The molecule has 2 aliphatic rings. The molecule has 3 rings (SSSR count). The van der Waals surface area contributed by atoms with E-state index in [1.807, 2.05) is 6.92 Å². The van der Waals surface area contributed by atoms with E-state index in [1.54, 1.807) is 12.1 Å². The highest BCUT2D eigenvalue weighted by Crippen LogP contribution is 2.32. The zero-order valence-electron chi connectivity index (χ0n) is 17.8.